The summed E-state index contributed by atoms with van der Waals surface area (Å²) in [6, 6.07) is 4.11. The lowest BCUT2D eigenvalue weighted by Crippen LogP contribution is -2.10. The Kier molecular flexibility index (Phi) is 3.46. The highest BCUT2D eigenvalue weighted by Crippen LogP contribution is 2.20. The van der Waals surface area contributed by atoms with Gasteiger partial charge in [-0.05, 0) is 30.2 Å². The maximum atomic E-state index is 13.4. The zero-order chi connectivity index (χ0) is 11.6. The topological polar surface area (TPSA) is 60.2 Å². The van der Waals surface area contributed by atoms with E-state index in [9.17, 15) is 12.8 Å². The van der Waals surface area contributed by atoms with Crippen molar-refractivity contribution in [1.29, 1.82) is 0 Å². The maximum Gasteiger partial charge on any atom is 0.178 e. The van der Waals surface area contributed by atoms with Crippen LogP contribution in [0.1, 0.15) is 18.4 Å². The Hall–Kier alpha value is -0.940. The van der Waals surface area contributed by atoms with E-state index < -0.39 is 15.7 Å². The summed E-state index contributed by atoms with van der Waals surface area (Å²) < 4.78 is 35.7. The number of benzene rings is 1. The van der Waals surface area contributed by atoms with Gasteiger partial charge in [-0.25, -0.2) is 12.8 Å². The smallest absolute Gasteiger partial charge is 0.178 e. The molecule has 0 saturated heterocycles. The second-order valence-electron chi connectivity index (χ2n) is 3.60. The second-order valence-corrected chi connectivity index (χ2v) is 5.58. The summed E-state index contributed by atoms with van der Waals surface area (Å²) in [5.74, 6) is -0.691. The zero-order valence-electron chi connectivity index (χ0n) is 8.70. The van der Waals surface area contributed by atoms with Gasteiger partial charge < -0.3 is 5.73 Å². The van der Waals surface area contributed by atoms with Crippen LogP contribution in [0, 0.1) is 5.82 Å². The SMILES string of the molecule is CC(CN)c1ccc(S(C)(=O)=O)c(F)c1. The molecule has 15 heavy (non-hydrogen) atoms. The van der Waals surface area contributed by atoms with Crippen LogP contribution in [0.5, 0.6) is 0 Å². The zero-order valence-corrected chi connectivity index (χ0v) is 9.51. The first kappa shape index (κ1) is 12.1. The average Bonchev–Trinajstić information content (AvgIpc) is 2.14. The van der Waals surface area contributed by atoms with Crippen LogP contribution >= 0.6 is 0 Å². The average molecular weight is 231 g/mol. The lowest BCUT2D eigenvalue weighted by Gasteiger charge is -2.10. The van der Waals surface area contributed by atoms with Crippen LogP contribution in [0.2, 0.25) is 0 Å². The van der Waals surface area contributed by atoms with Crippen molar-refractivity contribution >= 4 is 9.84 Å². The summed E-state index contributed by atoms with van der Waals surface area (Å²) in [5.41, 5.74) is 6.15. The molecule has 0 spiro atoms. The number of hydrogen-bond acceptors (Lipinski definition) is 3. The fourth-order valence-corrected chi connectivity index (χ4v) is 1.99. The highest BCUT2D eigenvalue weighted by Gasteiger charge is 2.15. The Morgan fingerprint density at radius 2 is 2.07 bits per heavy atom. The fourth-order valence-electron chi connectivity index (χ4n) is 1.26. The molecule has 0 saturated carbocycles. The highest BCUT2D eigenvalue weighted by atomic mass is 32.2. The van der Waals surface area contributed by atoms with Gasteiger partial charge in [-0.2, -0.15) is 0 Å². The van der Waals surface area contributed by atoms with E-state index in [2.05, 4.69) is 0 Å². The second kappa shape index (κ2) is 4.28. The van der Waals surface area contributed by atoms with E-state index in [4.69, 9.17) is 5.73 Å². The van der Waals surface area contributed by atoms with Crippen LogP contribution in [0.3, 0.4) is 0 Å². The van der Waals surface area contributed by atoms with Crippen LogP contribution in [-0.2, 0) is 9.84 Å². The standard InChI is InChI=1S/C10H14FNO2S/c1-7(6-12)8-3-4-10(9(11)5-8)15(2,13)14/h3-5,7H,6,12H2,1-2H3. The van der Waals surface area contributed by atoms with E-state index in [0.717, 1.165) is 6.26 Å². The van der Waals surface area contributed by atoms with Crippen molar-refractivity contribution in [1.82, 2.24) is 0 Å². The molecule has 0 aliphatic carbocycles. The van der Waals surface area contributed by atoms with Crippen molar-refractivity contribution in [2.75, 3.05) is 12.8 Å². The number of sulfone groups is 1. The van der Waals surface area contributed by atoms with Crippen molar-refractivity contribution in [3.63, 3.8) is 0 Å². The molecule has 1 rings (SSSR count). The number of rotatable bonds is 3. The van der Waals surface area contributed by atoms with Crippen molar-refractivity contribution in [3.05, 3.63) is 29.6 Å². The predicted octanol–water partition coefficient (Wildman–Crippen LogP) is 1.29. The van der Waals surface area contributed by atoms with Gasteiger partial charge >= 0.3 is 0 Å². The summed E-state index contributed by atoms with van der Waals surface area (Å²) in [6.45, 7) is 2.26. The first-order valence-corrected chi connectivity index (χ1v) is 6.45. The van der Waals surface area contributed by atoms with Crippen LogP contribution in [0.25, 0.3) is 0 Å². The minimum absolute atomic E-state index is 0.0214. The molecule has 3 nitrogen and oxygen atoms in total. The van der Waals surface area contributed by atoms with Gasteiger partial charge in [0.15, 0.2) is 9.84 Å². The fraction of sp³-hybridized carbons (Fsp3) is 0.400. The third kappa shape index (κ3) is 2.76. The summed E-state index contributed by atoms with van der Waals surface area (Å²) in [7, 11) is -3.49. The molecule has 0 aromatic heterocycles. The highest BCUT2D eigenvalue weighted by molar-refractivity contribution is 7.90. The Balaban J connectivity index is 3.21. The van der Waals surface area contributed by atoms with Crippen molar-refractivity contribution in [3.8, 4) is 0 Å². The summed E-state index contributed by atoms with van der Waals surface area (Å²) in [4.78, 5) is -0.268. The number of nitrogens with two attached hydrogens (primary N) is 1. The molecule has 1 unspecified atom stereocenters. The molecule has 0 aliphatic rings. The monoisotopic (exact) mass is 231 g/mol. The molecular weight excluding hydrogens is 217 g/mol. The van der Waals surface area contributed by atoms with E-state index in [1.165, 1.54) is 12.1 Å². The van der Waals surface area contributed by atoms with E-state index in [-0.39, 0.29) is 10.8 Å². The summed E-state index contributed by atoms with van der Waals surface area (Å²) in [6.07, 6.45) is 0.984. The van der Waals surface area contributed by atoms with Gasteiger partial charge in [0.2, 0.25) is 0 Å². The van der Waals surface area contributed by atoms with Crippen molar-refractivity contribution < 1.29 is 12.8 Å². The van der Waals surface area contributed by atoms with Crippen LogP contribution in [0.4, 0.5) is 4.39 Å². The van der Waals surface area contributed by atoms with Crippen LogP contribution in [-0.4, -0.2) is 21.2 Å². The maximum absolute atomic E-state index is 13.4. The first-order valence-electron chi connectivity index (χ1n) is 4.56. The molecule has 0 aliphatic heterocycles. The molecular formula is C10H14FNO2S. The quantitative estimate of drug-likeness (QED) is 0.852. The van der Waals surface area contributed by atoms with Gasteiger partial charge in [0.1, 0.15) is 10.7 Å². The van der Waals surface area contributed by atoms with Crippen molar-refractivity contribution in [2.45, 2.75) is 17.7 Å². The molecule has 1 aromatic carbocycles. The molecule has 5 heteroatoms. The minimum Gasteiger partial charge on any atom is -0.330 e. The van der Waals surface area contributed by atoms with E-state index in [1.54, 1.807) is 6.07 Å². The third-order valence-electron chi connectivity index (χ3n) is 2.28. The Morgan fingerprint density at radius 1 is 1.47 bits per heavy atom. The van der Waals surface area contributed by atoms with Crippen LogP contribution < -0.4 is 5.73 Å². The summed E-state index contributed by atoms with van der Waals surface area (Å²) >= 11 is 0. The summed E-state index contributed by atoms with van der Waals surface area (Å²) in [5, 5.41) is 0. The molecule has 84 valence electrons. The number of hydrogen-bond donors (Lipinski definition) is 1. The van der Waals surface area contributed by atoms with Gasteiger partial charge in [-0.15, -0.1) is 0 Å². The molecule has 2 N–H and O–H groups in total. The van der Waals surface area contributed by atoms with Gasteiger partial charge in [-0.1, -0.05) is 13.0 Å². The Morgan fingerprint density at radius 3 is 2.47 bits per heavy atom. The molecule has 0 bridgehead atoms. The predicted molar refractivity (Wildman–Crippen MR) is 57.0 cm³/mol. The Labute approximate surface area is 89.0 Å². The minimum atomic E-state index is -3.49. The molecule has 0 amide bonds. The molecule has 0 radical (unpaired) electrons. The van der Waals surface area contributed by atoms with Gasteiger partial charge in [0, 0.05) is 6.26 Å². The van der Waals surface area contributed by atoms with Crippen molar-refractivity contribution in [2.24, 2.45) is 5.73 Å². The van der Waals surface area contributed by atoms with E-state index in [1.807, 2.05) is 6.92 Å². The normalized spacial score (nSPS) is 13.9. The van der Waals surface area contributed by atoms with Gasteiger partial charge in [-0.3, -0.25) is 0 Å². The van der Waals surface area contributed by atoms with Gasteiger partial charge in [0.05, 0.1) is 0 Å². The lowest BCUT2D eigenvalue weighted by atomic mass is 10.0. The molecule has 0 heterocycles. The third-order valence-corrected chi connectivity index (χ3v) is 3.41. The molecule has 1 aromatic rings. The molecule has 0 fully saturated rings. The Bertz CT molecular complexity index is 456. The van der Waals surface area contributed by atoms with E-state index >= 15 is 0 Å². The van der Waals surface area contributed by atoms with Crippen LogP contribution in [0.15, 0.2) is 23.1 Å². The molecule has 1 atom stereocenters. The largest absolute Gasteiger partial charge is 0.330 e. The number of halogens is 1. The van der Waals surface area contributed by atoms with Gasteiger partial charge in [0.25, 0.3) is 0 Å². The lowest BCUT2D eigenvalue weighted by molar-refractivity contribution is 0.568. The van der Waals surface area contributed by atoms with E-state index in [0.29, 0.717) is 12.1 Å². The first-order chi connectivity index (χ1) is 6.86.